The number of ketones is 1. The fourth-order valence-electron chi connectivity index (χ4n) is 2.51. The predicted octanol–water partition coefficient (Wildman–Crippen LogP) is 4.72. The maximum Gasteiger partial charge on any atom is 0.159 e. The molecule has 1 rings (SSSR count). The summed E-state index contributed by atoms with van der Waals surface area (Å²) in [5.74, 6) is 0.145. The van der Waals surface area contributed by atoms with E-state index in [0.717, 1.165) is 12.0 Å². The van der Waals surface area contributed by atoms with Crippen molar-refractivity contribution in [3.63, 3.8) is 0 Å². The maximum atomic E-state index is 11.3. The van der Waals surface area contributed by atoms with Gasteiger partial charge in [-0.15, -0.1) is 0 Å². The van der Waals surface area contributed by atoms with Crippen LogP contribution in [0.1, 0.15) is 68.8 Å². The summed E-state index contributed by atoms with van der Waals surface area (Å²) in [6.45, 7) is 9.80. The van der Waals surface area contributed by atoms with Crippen LogP contribution >= 0.6 is 0 Å². The van der Waals surface area contributed by atoms with E-state index in [0.29, 0.717) is 0 Å². The number of hydrogen-bond donors (Lipinski definition) is 0. The van der Waals surface area contributed by atoms with Crippen LogP contribution in [-0.4, -0.2) is 30.3 Å². The number of unbranched alkanes of at least 4 members (excludes halogenated alkanes) is 2. The highest BCUT2D eigenvalue weighted by Crippen LogP contribution is 2.09. The van der Waals surface area contributed by atoms with Crippen LogP contribution in [0.15, 0.2) is 24.3 Å². The number of rotatable bonds is 11. The van der Waals surface area contributed by atoms with E-state index in [4.69, 9.17) is 0 Å². The molecule has 0 bridgehead atoms. The first-order valence-electron chi connectivity index (χ1n) is 8.49. The monoisotopic (exact) mass is 289 g/mol. The van der Waals surface area contributed by atoms with Crippen LogP contribution in [0.4, 0.5) is 0 Å². The van der Waals surface area contributed by atoms with Gasteiger partial charge in [0, 0.05) is 5.56 Å². The Morgan fingerprint density at radius 2 is 1.43 bits per heavy atom. The standard InChI is InChI=1S/C19H31NO/c1-4-6-14-20(15-7-5-2)16-8-9-18-10-12-19(13-11-18)17(3)21/h10-13H,4-9,14-16H2,1-3H3. The lowest BCUT2D eigenvalue weighted by Gasteiger charge is -2.21. The van der Waals surface area contributed by atoms with Gasteiger partial charge in [0.2, 0.25) is 0 Å². The Labute approximate surface area is 130 Å². The van der Waals surface area contributed by atoms with Gasteiger partial charge in [0.15, 0.2) is 5.78 Å². The lowest BCUT2D eigenvalue weighted by Crippen LogP contribution is -2.27. The fourth-order valence-corrected chi connectivity index (χ4v) is 2.51. The van der Waals surface area contributed by atoms with E-state index < -0.39 is 0 Å². The molecule has 0 saturated heterocycles. The number of carbonyl (C=O) groups is 1. The largest absolute Gasteiger partial charge is 0.303 e. The van der Waals surface area contributed by atoms with Crippen LogP contribution in [0.25, 0.3) is 0 Å². The van der Waals surface area contributed by atoms with Crippen molar-refractivity contribution in [3.8, 4) is 0 Å². The molecule has 2 heteroatoms. The fraction of sp³-hybridized carbons (Fsp3) is 0.632. The summed E-state index contributed by atoms with van der Waals surface area (Å²) < 4.78 is 0. The second kappa shape index (κ2) is 10.6. The van der Waals surface area contributed by atoms with E-state index in [9.17, 15) is 4.79 Å². The third-order valence-corrected chi connectivity index (χ3v) is 3.96. The van der Waals surface area contributed by atoms with Gasteiger partial charge < -0.3 is 4.90 Å². The molecule has 1 aromatic carbocycles. The quantitative estimate of drug-likeness (QED) is 0.549. The van der Waals surface area contributed by atoms with Crippen LogP contribution in [0.3, 0.4) is 0 Å². The summed E-state index contributed by atoms with van der Waals surface area (Å²) >= 11 is 0. The number of benzene rings is 1. The molecule has 2 nitrogen and oxygen atoms in total. The maximum absolute atomic E-state index is 11.3. The summed E-state index contributed by atoms with van der Waals surface area (Å²) in [4.78, 5) is 13.9. The second-order valence-corrected chi connectivity index (χ2v) is 5.91. The van der Waals surface area contributed by atoms with Crippen molar-refractivity contribution < 1.29 is 4.79 Å². The summed E-state index contributed by atoms with van der Waals surface area (Å²) in [5.41, 5.74) is 2.15. The third-order valence-electron chi connectivity index (χ3n) is 3.96. The molecular weight excluding hydrogens is 258 g/mol. The zero-order valence-electron chi connectivity index (χ0n) is 14.0. The van der Waals surface area contributed by atoms with Crippen molar-refractivity contribution in [2.24, 2.45) is 0 Å². The zero-order chi connectivity index (χ0) is 15.5. The molecule has 0 N–H and O–H groups in total. The molecule has 0 aliphatic carbocycles. The minimum absolute atomic E-state index is 0.145. The van der Waals surface area contributed by atoms with Gasteiger partial charge >= 0.3 is 0 Å². The Balaban J connectivity index is 2.36. The molecule has 0 aromatic heterocycles. The molecule has 0 unspecified atom stereocenters. The smallest absolute Gasteiger partial charge is 0.159 e. The molecule has 0 saturated carbocycles. The lowest BCUT2D eigenvalue weighted by molar-refractivity contribution is 0.101. The Morgan fingerprint density at radius 3 is 1.90 bits per heavy atom. The first-order chi connectivity index (χ1) is 10.2. The van der Waals surface area contributed by atoms with Crippen LogP contribution < -0.4 is 0 Å². The van der Waals surface area contributed by atoms with Crippen LogP contribution in [-0.2, 0) is 6.42 Å². The van der Waals surface area contributed by atoms with Gasteiger partial charge in [-0.05, 0) is 57.8 Å². The number of Topliss-reactive ketones (excluding diaryl/α,β-unsaturated/α-hetero) is 1. The second-order valence-electron chi connectivity index (χ2n) is 5.91. The molecule has 0 radical (unpaired) electrons. The van der Waals surface area contributed by atoms with Crippen LogP contribution in [0.5, 0.6) is 0 Å². The van der Waals surface area contributed by atoms with Crippen molar-refractivity contribution in [3.05, 3.63) is 35.4 Å². The van der Waals surface area contributed by atoms with Gasteiger partial charge in [0.05, 0.1) is 0 Å². The molecule has 21 heavy (non-hydrogen) atoms. The summed E-state index contributed by atoms with van der Waals surface area (Å²) in [6, 6.07) is 8.09. The van der Waals surface area contributed by atoms with Crippen LogP contribution in [0, 0.1) is 0 Å². The van der Waals surface area contributed by atoms with Crippen molar-refractivity contribution in [1.82, 2.24) is 4.90 Å². The van der Waals surface area contributed by atoms with Crippen molar-refractivity contribution in [2.75, 3.05) is 19.6 Å². The summed E-state index contributed by atoms with van der Waals surface area (Å²) in [6.07, 6.45) is 7.46. The lowest BCUT2D eigenvalue weighted by atomic mass is 10.1. The summed E-state index contributed by atoms with van der Waals surface area (Å²) in [5, 5.41) is 0. The molecule has 0 amide bonds. The number of carbonyl (C=O) groups excluding carboxylic acids is 1. The average Bonchev–Trinajstić information content (AvgIpc) is 2.50. The molecule has 0 fully saturated rings. The average molecular weight is 289 g/mol. The SMILES string of the molecule is CCCCN(CCCC)CCCc1ccc(C(C)=O)cc1. The molecule has 118 valence electrons. The Bertz CT molecular complexity index is 389. The molecule has 1 aromatic rings. The minimum Gasteiger partial charge on any atom is -0.303 e. The molecule has 0 aliphatic rings. The Morgan fingerprint density at radius 1 is 0.905 bits per heavy atom. The van der Waals surface area contributed by atoms with Gasteiger partial charge in [-0.25, -0.2) is 0 Å². The topological polar surface area (TPSA) is 20.3 Å². The summed E-state index contributed by atoms with van der Waals surface area (Å²) in [7, 11) is 0. The number of aryl methyl sites for hydroxylation is 1. The normalized spacial score (nSPS) is 11.0. The third kappa shape index (κ3) is 7.42. The molecule has 0 atom stereocenters. The highest BCUT2D eigenvalue weighted by Gasteiger charge is 2.04. The van der Waals surface area contributed by atoms with Crippen molar-refractivity contribution in [1.29, 1.82) is 0 Å². The highest BCUT2D eigenvalue weighted by atomic mass is 16.1. The van der Waals surface area contributed by atoms with Gasteiger partial charge in [-0.3, -0.25) is 4.79 Å². The molecule has 0 aliphatic heterocycles. The molecule has 0 spiro atoms. The minimum atomic E-state index is 0.145. The van der Waals surface area contributed by atoms with Gasteiger partial charge in [0.25, 0.3) is 0 Å². The molecular formula is C19H31NO. The number of hydrogen-bond acceptors (Lipinski definition) is 2. The van der Waals surface area contributed by atoms with Crippen molar-refractivity contribution >= 4 is 5.78 Å². The van der Waals surface area contributed by atoms with Crippen molar-refractivity contribution in [2.45, 2.75) is 59.3 Å². The predicted molar refractivity (Wildman–Crippen MR) is 91.0 cm³/mol. The van der Waals surface area contributed by atoms with Gasteiger partial charge in [-0.2, -0.15) is 0 Å². The van der Waals surface area contributed by atoms with E-state index in [1.54, 1.807) is 6.92 Å². The van der Waals surface area contributed by atoms with E-state index in [-0.39, 0.29) is 5.78 Å². The Hall–Kier alpha value is -1.15. The van der Waals surface area contributed by atoms with Gasteiger partial charge in [0.1, 0.15) is 0 Å². The Kier molecular flexibility index (Phi) is 9.00. The zero-order valence-corrected chi connectivity index (χ0v) is 14.0. The molecule has 0 heterocycles. The van der Waals surface area contributed by atoms with E-state index in [1.807, 2.05) is 12.1 Å². The van der Waals surface area contributed by atoms with E-state index in [2.05, 4.69) is 30.9 Å². The van der Waals surface area contributed by atoms with E-state index in [1.165, 1.54) is 57.3 Å². The first kappa shape index (κ1) is 17.9. The first-order valence-corrected chi connectivity index (χ1v) is 8.49. The van der Waals surface area contributed by atoms with E-state index >= 15 is 0 Å². The number of nitrogens with zero attached hydrogens (tertiary/aromatic N) is 1. The highest BCUT2D eigenvalue weighted by molar-refractivity contribution is 5.93. The van der Waals surface area contributed by atoms with Crippen LogP contribution in [0.2, 0.25) is 0 Å². The van der Waals surface area contributed by atoms with Gasteiger partial charge in [-0.1, -0.05) is 51.0 Å².